The number of hydrogen-bond acceptors (Lipinski definition) is 5. The molecular weight excluding hydrogens is 423 g/mol. The number of aromatic nitrogens is 1. The standard InChI is InChI=1S/C23H20F3N3O3/c24-23(25,26)32-19-8-6-17(7-9-19)28-22(31)16-12-20(15-4-2-1-3-5-15)21(27-13-16)29-11-10-18(30)14-29/h1-9,12-13,18,30H,10-11,14H2,(H,28,31). The zero-order valence-electron chi connectivity index (χ0n) is 16.8. The minimum atomic E-state index is -4.78. The number of carbonyl (C=O) groups is 1. The number of hydrogen-bond donors (Lipinski definition) is 2. The molecule has 6 nitrogen and oxygen atoms in total. The molecule has 2 heterocycles. The van der Waals surface area contributed by atoms with Gasteiger partial charge in [0.2, 0.25) is 0 Å². The van der Waals surface area contributed by atoms with E-state index in [0.717, 1.165) is 23.3 Å². The summed E-state index contributed by atoms with van der Waals surface area (Å²) >= 11 is 0. The maximum atomic E-state index is 12.8. The fraction of sp³-hybridized carbons (Fsp3) is 0.217. The highest BCUT2D eigenvalue weighted by molar-refractivity contribution is 6.05. The second-order valence-electron chi connectivity index (χ2n) is 7.38. The number of amides is 1. The van der Waals surface area contributed by atoms with Gasteiger partial charge in [0.1, 0.15) is 11.6 Å². The van der Waals surface area contributed by atoms with Crippen LogP contribution in [-0.4, -0.2) is 41.6 Å². The van der Waals surface area contributed by atoms with Crippen molar-refractivity contribution in [2.24, 2.45) is 0 Å². The molecule has 0 bridgehead atoms. The lowest BCUT2D eigenvalue weighted by Crippen LogP contribution is -2.23. The fourth-order valence-electron chi connectivity index (χ4n) is 3.54. The van der Waals surface area contributed by atoms with Crippen molar-refractivity contribution in [2.75, 3.05) is 23.3 Å². The lowest BCUT2D eigenvalue weighted by atomic mass is 10.0. The quantitative estimate of drug-likeness (QED) is 0.609. The Kier molecular flexibility index (Phi) is 6.00. The molecule has 1 amide bonds. The molecule has 166 valence electrons. The Morgan fingerprint density at radius 3 is 2.47 bits per heavy atom. The van der Waals surface area contributed by atoms with Crippen LogP contribution in [0, 0.1) is 0 Å². The molecule has 1 aromatic heterocycles. The first-order valence-corrected chi connectivity index (χ1v) is 9.94. The molecule has 9 heteroatoms. The molecule has 32 heavy (non-hydrogen) atoms. The Balaban J connectivity index is 1.57. The number of β-amino-alcohol motifs (C(OH)–C–C–N with tert-alkyl or cyclic N) is 1. The summed E-state index contributed by atoms with van der Waals surface area (Å²) in [5, 5.41) is 12.6. The van der Waals surface area contributed by atoms with Gasteiger partial charge in [0.05, 0.1) is 11.7 Å². The summed E-state index contributed by atoms with van der Waals surface area (Å²) in [4.78, 5) is 19.3. The summed E-state index contributed by atoms with van der Waals surface area (Å²) in [5.74, 6) is -0.147. The zero-order chi connectivity index (χ0) is 22.7. The summed E-state index contributed by atoms with van der Waals surface area (Å²) < 4.78 is 40.7. The third-order valence-electron chi connectivity index (χ3n) is 5.02. The zero-order valence-corrected chi connectivity index (χ0v) is 16.8. The number of ether oxygens (including phenoxy) is 1. The van der Waals surface area contributed by atoms with Crippen LogP contribution in [0.2, 0.25) is 0 Å². The molecule has 1 saturated heterocycles. The Hall–Kier alpha value is -3.59. The molecule has 0 radical (unpaired) electrons. The molecule has 3 aromatic rings. The molecule has 0 saturated carbocycles. The van der Waals surface area contributed by atoms with Crippen LogP contribution in [0.25, 0.3) is 11.1 Å². The molecule has 1 aliphatic rings. The molecule has 1 fully saturated rings. The summed E-state index contributed by atoms with van der Waals surface area (Å²) in [7, 11) is 0. The van der Waals surface area contributed by atoms with Gasteiger partial charge in [0.15, 0.2) is 0 Å². The lowest BCUT2D eigenvalue weighted by molar-refractivity contribution is -0.274. The third-order valence-corrected chi connectivity index (χ3v) is 5.02. The van der Waals surface area contributed by atoms with Crippen LogP contribution in [0.4, 0.5) is 24.7 Å². The average molecular weight is 443 g/mol. The van der Waals surface area contributed by atoms with Crippen molar-refractivity contribution in [3.63, 3.8) is 0 Å². The number of halogens is 3. The normalized spacial score (nSPS) is 16.1. The Morgan fingerprint density at radius 1 is 1.12 bits per heavy atom. The number of alkyl halides is 3. The minimum Gasteiger partial charge on any atom is -0.406 e. The largest absolute Gasteiger partial charge is 0.573 e. The molecule has 1 aliphatic heterocycles. The van der Waals surface area contributed by atoms with Gasteiger partial charge in [-0.1, -0.05) is 30.3 Å². The van der Waals surface area contributed by atoms with Gasteiger partial charge in [0, 0.05) is 30.5 Å². The van der Waals surface area contributed by atoms with E-state index >= 15 is 0 Å². The molecule has 2 N–H and O–H groups in total. The summed E-state index contributed by atoms with van der Waals surface area (Å²) in [6.45, 7) is 1.12. The maximum absolute atomic E-state index is 12.8. The molecule has 4 rings (SSSR count). The molecule has 2 aromatic carbocycles. The highest BCUT2D eigenvalue weighted by Gasteiger charge is 2.31. The smallest absolute Gasteiger partial charge is 0.406 e. The van der Waals surface area contributed by atoms with E-state index in [1.165, 1.54) is 18.3 Å². The van der Waals surface area contributed by atoms with Gasteiger partial charge in [0.25, 0.3) is 5.91 Å². The Labute approximate surface area is 182 Å². The van der Waals surface area contributed by atoms with Crippen LogP contribution in [0.3, 0.4) is 0 Å². The van der Waals surface area contributed by atoms with Crippen molar-refractivity contribution >= 4 is 17.4 Å². The van der Waals surface area contributed by atoms with E-state index in [4.69, 9.17) is 0 Å². The van der Waals surface area contributed by atoms with E-state index < -0.39 is 18.4 Å². The number of pyridine rings is 1. The molecule has 1 unspecified atom stereocenters. The topological polar surface area (TPSA) is 74.7 Å². The first kappa shape index (κ1) is 21.6. The van der Waals surface area contributed by atoms with Crippen molar-refractivity contribution in [2.45, 2.75) is 18.9 Å². The third kappa shape index (κ3) is 5.17. The van der Waals surface area contributed by atoms with E-state index in [2.05, 4.69) is 15.0 Å². The maximum Gasteiger partial charge on any atom is 0.573 e. The van der Waals surface area contributed by atoms with Gasteiger partial charge < -0.3 is 20.1 Å². The van der Waals surface area contributed by atoms with Crippen LogP contribution in [0.5, 0.6) is 5.75 Å². The van der Waals surface area contributed by atoms with E-state index in [1.54, 1.807) is 6.07 Å². The number of aliphatic hydroxyl groups excluding tert-OH is 1. The van der Waals surface area contributed by atoms with E-state index in [1.807, 2.05) is 35.2 Å². The Bertz CT molecular complexity index is 1090. The van der Waals surface area contributed by atoms with Gasteiger partial charge in [-0.15, -0.1) is 13.2 Å². The van der Waals surface area contributed by atoms with Gasteiger partial charge in [-0.25, -0.2) is 4.98 Å². The summed E-state index contributed by atoms with van der Waals surface area (Å²) in [5.41, 5.74) is 2.24. The van der Waals surface area contributed by atoms with Gasteiger partial charge in [-0.2, -0.15) is 0 Å². The number of aliphatic hydroxyl groups is 1. The molecule has 0 aliphatic carbocycles. The van der Waals surface area contributed by atoms with Crippen LogP contribution in [0.1, 0.15) is 16.8 Å². The van der Waals surface area contributed by atoms with Crippen molar-refractivity contribution in [1.29, 1.82) is 0 Å². The van der Waals surface area contributed by atoms with Crippen molar-refractivity contribution in [3.05, 3.63) is 72.4 Å². The highest BCUT2D eigenvalue weighted by Crippen LogP contribution is 2.32. The second kappa shape index (κ2) is 8.88. The summed E-state index contributed by atoms with van der Waals surface area (Å²) in [6.07, 6.45) is -3.11. The lowest BCUT2D eigenvalue weighted by Gasteiger charge is -2.21. The summed E-state index contributed by atoms with van der Waals surface area (Å²) in [6, 6.07) is 16.1. The molecular formula is C23H20F3N3O3. The van der Waals surface area contributed by atoms with Crippen LogP contribution >= 0.6 is 0 Å². The van der Waals surface area contributed by atoms with Crippen molar-refractivity contribution in [3.8, 4) is 16.9 Å². The number of benzene rings is 2. The fourth-order valence-corrected chi connectivity index (χ4v) is 3.54. The SMILES string of the molecule is O=C(Nc1ccc(OC(F)(F)F)cc1)c1cnc(N2CCC(O)C2)c(-c2ccccc2)c1. The average Bonchev–Trinajstić information content (AvgIpc) is 3.20. The van der Waals surface area contributed by atoms with Crippen LogP contribution < -0.4 is 15.0 Å². The van der Waals surface area contributed by atoms with E-state index in [9.17, 15) is 23.1 Å². The van der Waals surface area contributed by atoms with Crippen molar-refractivity contribution in [1.82, 2.24) is 4.98 Å². The number of anilines is 2. The van der Waals surface area contributed by atoms with Gasteiger partial charge in [-0.3, -0.25) is 4.79 Å². The first-order valence-electron chi connectivity index (χ1n) is 9.94. The van der Waals surface area contributed by atoms with Crippen molar-refractivity contribution < 1.29 is 27.8 Å². The monoisotopic (exact) mass is 443 g/mol. The number of carbonyl (C=O) groups excluding carboxylic acids is 1. The molecule has 0 spiro atoms. The minimum absolute atomic E-state index is 0.294. The van der Waals surface area contributed by atoms with Gasteiger partial charge >= 0.3 is 6.36 Å². The van der Waals surface area contributed by atoms with Gasteiger partial charge in [-0.05, 0) is 42.3 Å². The predicted molar refractivity (Wildman–Crippen MR) is 114 cm³/mol. The number of nitrogens with zero attached hydrogens (tertiary/aromatic N) is 2. The first-order chi connectivity index (χ1) is 15.3. The van der Waals surface area contributed by atoms with E-state index in [0.29, 0.717) is 36.6 Å². The number of nitrogens with one attached hydrogen (secondary N) is 1. The van der Waals surface area contributed by atoms with Crippen LogP contribution in [-0.2, 0) is 0 Å². The Morgan fingerprint density at radius 2 is 1.84 bits per heavy atom. The highest BCUT2D eigenvalue weighted by atomic mass is 19.4. The van der Waals surface area contributed by atoms with E-state index in [-0.39, 0.29) is 5.75 Å². The van der Waals surface area contributed by atoms with Crippen LogP contribution in [0.15, 0.2) is 66.9 Å². The molecule has 1 atom stereocenters. The second-order valence-corrected chi connectivity index (χ2v) is 7.38. The number of rotatable bonds is 5. The predicted octanol–water partition coefficient (Wildman–Crippen LogP) is 4.47.